The number of carboxylic acid groups (broad SMARTS) is 3. The molecule has 0 amide bonds. The summed E-state index contributed by atoms with van der Waals surface area (Å²) in [6.07, 6.45) is 0.566. The van der Waals surface area contributed by atoms with E-state index in [4.69, 9.17) is 45.0 Å². The molecular formula is C10H22O9. The Balaban J connectivity index is -0.0000000825. The normalized spacial score (nSPS) is 8.37. The van der Waals surface area contributed by atoms with Gasteiger partial charge in [0.2, 0.25) is 0 Å². The number of hydrogen-bond donors (Lipinski definition) is 6. The smallest absolute Gasteiger partial charge is 0.300 e. The lowest BCUT2D eigenvalue weighted by atomic mass is 10.3. The molecule has 0 aliphatic heterocycles. The van der Waals surface area contributed by atoms with E-state index in [0.717, 1.165) is 20.8 Å². The lowest BCUT2D eigenvalue weighted by Gasteiger charge is -2.10. The van der Waals surface area contributed by atoms with Crippen molar-refractivity contribution in [3.8, 4) is 0 Å². The van der Waals surface area contributed by atoms with Gasteiger partial charge in [0.05, 0.1) is 0 Å². The molecule has 0 aromatic rings. The second kappa shape index (κ2) is 16.3. The van der Waals surface area contributed by atoms with Crippen LogP contribution in [0.2, 0.25) is 0 Å². The Kier molecular flexibility index (Phi) is 22.3. The van der Waals surface area contributed by atoms with Crippen LogP contribution in [0.15, 0.2) is 0 Å². The molecule has 0 saturated heterocycles. The van der Waals surface area contributed by atoms with Crippen LogP contribution in [0.5, 0.6) is 0 Å². The van der Waals surface area contributed by atoms with Gasteiger partial charge >= 0.3 is 0 Å². The highest BCUT2D eigenvalue weighted by Gasteiger charge is 2.14. The fourth-order valence-electron chi connectivity index (χ4n) is 0.335. The highest BCUT2D eigenvalue weighted by molar-refractivity contribution is 5.63. The molecule has 0 rings (SSSR count). The molecule has 0 spiro atoms. The first-order chi connectivity index (χ1) is 8.26. The average Bonchev–Trinajstić information content (AvgIpc) is 1.96. The first-order valence-corrected chi connectivity index (χ1v) is 5.01. The zero-order chi connectivity index (χ0) is 16.6. The molecule has 116 valence electrons. The van der Waals surface area contributed by atoms with Crippen molar-refractivity contribution in [2.75, 3.05) is 0 Å². The van der Waals surface area contributed by atoms with E-state index >= 15 is 0 Å². The summed E-state index contributed by atoms with van der Waals surface area (Å²) in [7, 11) is 0. The fourth-order valence-corrected chi connectivity index (χ4v) is 0.335. The summed E-state index contributed by atoms with van der Waals surface area (Å²) in [6, 6.07) is 0. The van der Waals surface area contributed by atoms with Crippen LogP contribution in [0.3, 0.4) is 0 Å². The van der Waals surface area contributed by atoms with Crippen molar-refractivity contribution in [1.82, 2.24) is 0 Å². The summed E-state index contributed by atoms with van der Waals surface area (Å²) in [4.78, 5) is 27.0. The van der Waals surface area contributed by atoms with Crippen LogP contribution in [0.4, 0.5) is 0 Å². The predicted octanol–water partition coefficient (Wildman–Crippen LogP) is -0.310. The minimum Gasteiger partial charge on any atom is -0.481 e. The Labute approximate surface area is 110 Å². The number of carboxylic acids is 3. The van der Waals surface area contributed by atoms with Crippen molar-refractivity contribution < 1.29 is 45.0 Å². The molecule has 0 aliphatic carbocycles. The van der Waals surface area contributed by atoms with E-state index in [0.29, 0.717) is 6.42 Å². The molecule has 0 bridgehead atoms. The molecule has 0 aliphatic rings. The summed E-state index contributed by atoms with van der Waals surface area (Å²) >= 11 is 0. The zero-order valence-electron chi connectivity index (χ0n) is 11.3. The summed E-state index contributed by atoms with van der Waals surface area (Å²) in [5.41, 5.74) is 0. The van der Waals surface area contributed by atoms with Gasteiger partial charge < -0.3 is 30.6 Å². The second-order valence-corrected chi connectivity index (χ2v) is 3.08. The van der Waals surface area contributed by atoms with Crippen molar-refractivity contribution >= 4 is 17.9 Å². The minimum absolute atomic E-state index is 0.00694. The van der Waals surface area contributed by atoms with Gasteiger partial charge in [-0.25, -0.2) is 0 Å². The third kappa shape index (κ3) is 634. The molecule has 9 nitrogen and oxygen atoms in total. The largest absolute Gasteiger partial charge is 0.481 e. The first kappa shape index (κ1) is 26.0. The Morgan fingerprint density at radius 2 is 0.947 bits per heavy atom. The molecule has 0 heterocycles. The Hall–Kier alpha value is -1.71. The highest BCUT2D eigenvalue weighted by atomic mass is 16.7. The third-order valence-corrected chi connectivity index (χ3v) is 0.585. The van der Waals surface area contributed by atoms with Crippen LogP contribution in [-0.2, 0) is 14.4 Å². The average molecular weight is 286 g/mol. The van der Waals surface area contributed by atoms with Crippen LogP contribution < -0.4 is 0 Å². The summed E-state index contributed by atoms with van der Waals surface area (Å²) < 4.78 is 0. The third-order valence-electron chi connectivity index (χ3n) is 0.585. The number of carbonyl (C=O) groups is 3. The molecule has 0 fully saturated rings. The van der Waals surface area contributed by atoms with Crippen LogP contribution in [0, 0.1) is 0 Å². The quantitative estimate of drug-likeness (QED) is 0.372. The van der Waals surface area contributed by atoms with E-state index in [1.165, 1.54) is 0 Å². The van der Waals surface area contributed by atoms with Crippen molar-refractivity contribution in [2.24, 2.45) is 0 Å². The van der Waals surface area contributed by atoms with Gasteiger partial charge in [-0.2, -0.15) is 0 Å². The van der Waals surface area contributed by atoms with E-state index < -0.39 is 23.9 Å². The molecule has 0 atom stereocenters. The minimum atomic E-state index is -2.45. The maximum Gasteiger partial charge on any atom is 0.300 e. The molecule has 9 heteroatoms. The van der Waals surface area contributed by atoms with Crippen LogP contribution in [0.1, 0.15) is 40.5 Å². The van der Waals surface area contributed by atoms with Crippen LogP contribution >= 0.6 is 0 Å². The molecule has 6 N–H and O–H groups in total. The topological polar surface area (TPSA) is 173 Å². The fraction of sp³-hybridized carbons (Fsp3) is 0.700. The van der Waals surface area contributed by atoms with E-state index in [9.17, 15) is 0 Å². The zero-order valence-corrected chi connectivity index (χ0v) is 11.3. The van der Waals surface area contributed by atoms with E-state index in [1.807, 2.05) is 0 Å². The van der Waals surface area contributed by atoms with Gasteiger partial charge in [0.15, 0.2) is 0 Å². The first-order valence-electron chi connectivity index (χ1n) is 5.01. The van der Waals surface area contributed by atoms with Crippen LogP contribution in [-0.4, -0.2) is 54.5 Å². The molecule has 0 aromatic carbocycles. The van der Waals surface area contributed by atoms with E-state index in [2.05, 4.69) is 0 Å². The molecule has 0 aromatic heterocycles. The van der Waals surface area contributed by atoms with Gasteiger partial charge in [0, 0.05) is 27.2 Å². The van der Waals surface area contributed by atoms with E-state index in [1.54, 1.807) is 6.92 Å². The van der Waals surface area contributed by atoms with Gasteiger partial charge in [-0.15, -0.1) is 0 Å². The molecule has 0 radical (unpaired) electrons. The molecular weight excluding hydrogens is 264 g/mol. The maximum atomic E-state index is 9.00. The SMILES string of the molecule is CC(=O)O.CC(=O)O.CC(=O)O.CCCC(O)(O)O. The lowest BCUT2D eigenvalue weighted by molar-refractivity contribution is -0.314. The summed E-state index contributed by atoms with van der Waals surface area (Å²) in [6.45, 7) is 5.00. The monoisotopic (exact) mass is 286 g/mol. The molecule has 0 unspecified atom stereocenters. The van der Waals surface area contributed by atoms with Gasteiger partial charge in [-0.3, -0.25) is 14.4 Å². The van der Waals surface area contributed by atoms with Gasteiger partial charge in [-0.05, 0) is 6.42 Å². The number of rotatable bonds is 2. The van der Waals surface area contributed by atoms with Crippen LogP contribution in [0.25, 0.3) is 0 Å². The van der Waals surface area contributed by atoms with Gasteiger partial charge in [-0.1, -0.05) is 6.92 Å². The lowest BCUT2D eigenvalue weighted by Crippen LogP contribution is -2.26. The second-order valence-electron chi connectivity index (χ2n) is 3.08. The maximum absolute atomic E-state index is 9.00. The number of hydrogen-bond acceptors (Lipinski definition) is 6. The number of aliphatic carboxylic acids is 3. The Morgan fingerprint density at radius 1 is 0.789 bits per heavy atom. The standard InChI is InChI=1S/C4H10O3.3C2H4O2/c1-2-3-4(5,6)7;3*1-2(3)4/h5-7H,2-3H2,1H3;3*1H3,(H,3,4). The summed E-state index contributed by atoms with van der Waals surface area (Å²) in [5.74, 6) is -4.95. The van der Waals surface area contributed by atoms with Gasteiger partial charge in [0.25, 0.3) is 23.9 Å². The van der Waals surface area contributed by atoms with Crippen molar-refractivity contribution in [1.29, 1.82) is 0 Å². The summed E-state index contributed by atoms with van der Waals surface area (Å²) in [5, 5.41) is 46.6. The highest BCUT2D eigenvalue weighted by Crippen LogP contribution is 2.01. The van der Waals surface area contributed by atoms with Gasteiger partial charge in [0.1, 0.15) is 0 Å². The molecule has 19 heavy (non-hydrogen) atoms. The van der Waals surface area contributed by atoms with Crippen molar-refractivity contribution in [3.05, 3.63) is 0 Å². The van der Waals surface area contributed by atoms with E-state index in [-0.39, 0.29) is 6.42 Å². The number of aliphatic hydroxyl groups is 3. The molecule has 0 saturated carbocycles. The van der Waals surface area contributed by atoms with Crippen molar-refractivity contribution in [3.63, 3.8) is 0 Å². The Bertz CT molecular complexity index is 201. The predicted molar refractivity (Wildman–Crippen MR) is 64.2 cm³/mol. The van der Waals surface area contributed by atoms with Crippen molar-refractivity contribution in [2.45, 2.75) is 46.5 Å². The Morgan fingerprint density at radius 3 is 0.947 bits per heavy atom.